The Kier molecular flexibility index (Phi) is 6.71. The van der Waals surface area contributed by atoms with E-state index in [4.69, 9.17) is 14.2 Å². The molecule has 3 rings (SSSR count). The summed E-state index contributed by atoms with van der Waals surface area (Å²) in [4.78, 5) is 52.7. The Labute approximate surface area is 191 Å². The van der Waals surface area contributed by atoms with Crippen molar-refractivity contribution in [3.05, 3.63) is 59.5 Å². The molecule has 0 unspecified atom stereocenters. The normalized spacial score (nSPS) is 15.7. The Morgan fingerprint density at radius 3 is 2.30 bits per heavy atom. The minimum atomic E-state index is -0.761. The van der Waals surface area contributed by atoms with Gasteiger partial charge in [0.2, 0.25) is 5.91 Å². The number of ether oxygens (including phenoxy) is 3. The van der Waals surface area contributed by atoms with Gasteiger partial charge in [-0.1, -0.05) is 6.08 Å². The number of aryl methyl sites for hydroxylation is 1. The summed E-state index contributed by atoms with van der Waals surface area (Å²) in [6, 6.07) is 5.01. The molecule has 1 aromatic carbocycles. The predicted molar refractivity (Wildman–Crippen MR) is 120 cm³/mol. The van der Waals surface area contributed by atoms with Crippen LogP contribution in [0, 0.1) is 0 Å². The molecule has 2 aliphatic heterocycles. The predicted octanol–water partition coefficient (Wildman–Crippen LogP) is 3.39. The molecular weight excluding hydrogens is 428 g/mol. The molecule has 0 saturated heterocycles. The van der Waals surface area contributed by atoms with Gasteiger partial charge in [-0.05, 0) is 63.1 Å². The van der Waals surface area contributed by atoms with Crippen LogP contribution in [0.1, 0.15) is 32.8 Å². The number of anilines is 2. The maximum Gasteiger partial charge on any atom is 0.421 e. The number of carbonyl (C=O) groups excluding carboxylic acids is 4. The fourth-order valence-corrected chi connectivity index (χ4v) is 3.50. The first-order valence-corrected chi connectivity index (χ1v) is 10.3. The molecule has 0 radical (unpaired) electrons. The van der Waals surface area contributed by atoms with Crippen LogP contribution in [0.15, 0.2) is 53.9 Å². The maximum atomic E-state index is 12.7. The number of methoxy groups -OCH3 is 2. The van der Waals surface area contributed by atoms with Crippen molar-refractivity contribution in [3.63, 3.8) is 0 Å². The van der Waals surface area contributed by atoms with Crippen molar-refractivity contribution in [2.75, 3.05) is 24.0 Å². The van der Waals surface area contributed by atoms with E-state index in [-0.39, 0.29) is 23.6 Å². The van der Waals surface area contributed by atoms with Gasteiger partial charge in [0.05, 0.1) is 25.5 Å². The number of allylic oxidation sites excluding steroid dienone is 2. The number of amides is 2. The number of esters is 2. The van der Waals surface area contributed by atoms with Gasteiger partial charge in [-0.25, -0.2) is 19.3 Å². The monoisotopic (exact) mass is 454 g/mol. The van der Waals surface area contributed by atoms with E-state index in [2.05, 4.69) is 0 Å². The first-order valence-electron chi connectivity index (χ1n) is 10.3. The first kappa shape index (κ1) is 23.8. The number of nitrogens with zero attached hydrogens (tertiary/aromatic N) is 2. The van der Waals surface area contributed by atoms with Gasteiger partial charge in [0.25, 0.3) is 0 Å². The fraction of sp³-hybridized carbons (Fsp3) is 0.333. The molecule has 0 bridgehead atoms. The van der Waals surface area contributed by atoms with Crippen molar-refractivity contribution in [1.29, 1.82) is 0 Å². The molecule has 9 nitrogen and oxygen atoms in total. The van der Waals surface area contributed by atoms with Crippen LogP contribution in [-0.4, -0.2) is 43.8 Å². The van der Waals surface area contributed by atoms with E-state index in [1.165, 1.54) is 25.2 Å². The van der Waals surface area contributed by atoms with E-state index in [1.807, 2.05) is 0 Å². The Balaban J connectivity index is 2.08. The largest absolute Gasteiger partial charge is 0.465 e. The molecule has 0 N–H and O–H groups in total. The van der Waals surface area contributed by atoms with Gasteiger partial charge in [-0.2, -0.15) is 0 Å². The Hall–Kier alpha value is -3.88. The van der Waals surface area contributed by atoms with E-state index in [0.29, 0.717) is 23.4 Å². The molecule has 2 amide bonds. The van der Waals surface area contributed by atoms with Crippen molar-refractivity contribution in [2.24, 2.45) is 0 Å². The summed E-state index contributed by atoms with van der Waals surface area (Å²) in [7, 11) is 2.44. The Morgan fingerprint density at radius 1 is 0.970 bits per heavy atom. The minimum absolute atomic E-state index is 0.0230. The zero-order chi connectivity index (χ0) is 24.3. The highest BCUT2D eigenvalue weighted by Gasteiger charge is 2.34. The van der Waals surface area contributed by atoms with Gasteiger partial charge >= 0.3 is 18.0 Å². The Bertz CT molecular complexity index is 1090. The molecule has 2 heterocycles. The van der Waals surface area contributed by atoms with Crippen molar-refractivity contribution < 1.29 is 33.4 Å². The summed E-state index contributed by atoms with van der Waals surface area (Å²) in [6.45, 7) is 5.17. The van der Waals surface area contributed by atoms with Gasteiger partial charge < -0.3 is 19.1 Å². The molecule has 0 fully saturated rings. The van der Waals surface area contributed by atoms with E-state index >= 15 is 0 Å². The van der Waals surface area contributed by atoms with Crippen molar-refractivity contribution in [3.8, 4) is 0 Å². The molecule has 0 aliphatic carbocycles. The maximum absolute atomic E-state index is 12.7. The number of rotatable bonds is 3. The quantitative estimate of drug-likeness (QED) is 0.506. The SMILES string of the molecule is COC(=O)C1=C(C(=O)OC)N(c2ccc3c(c2)CCC(=O)N3C(=O)OC(C)(C)C)C=CC=C1. The minimum Gasteiger partial charge on any atom is -0.465 e. The first-order chi connectivity index (χ1) is 15.6. The molecule has 33 heavy (non-hydrogen) atoms. The summed E-state index contributed by atoms with van der Waals surface area (Å²) in [5.74, 6) is -1.78. The van der Waals surface area contributed by atoms with Crippen LogP contribution in [-0.2, 0) is 35.0 Å². The highest BCUT2D eigenvalue weighted by molar-refractivity contribution is 6.14. The van der Waals surface area contributed by atoms with Gasteiger partial charge in [0, 0.05) is 18.3 Å². The van der Waals surface area contributed by atoms with Gasteiger partial charge in [-0.15, -0.1) is 0 Å². The number of hydrogen-bond acceptors (Lipinski definition) is 8. The molecule has 0 saturated carbocycles. The lowest BCUT2D eigenvalue weighted by Crippen LogP contribution is -2.43. The zero-order valence-corrected chi connectivity index (χ0v) is 19.2. The van der Waals surface area contributed by atoms with Crippen LogP contribution < -0.4 is 9.80 Å². The lowest BCUT2D eigenvalue weighted by atomic mass is 10.00. The topological polar surface area (TPSA) is 102 Å². The summed E-state index contributed by atoms with van der Waals surface area (Å²) >= 11 is 0. The summed E-state index contributed by atoms with van der Waals surface area (Å²) in [5.41, 5.74) is 0.908. The number of carbonyl (C=O) groups is 4. The highest BCUT2D eigenvalue weighted by Crippen LogP contribution is 2.35. The highest BCUT2D eigenvalue weighted by atomic mass is 16.6. The average Bonchev–Trinajstić information content (AvgIpc) is 2.99. The van der Waals surface area contributed by atoms with Crippen LogP contribution >= 0.6 is 0 Å². The molecular formula is C24H26N2O7. The number of hydrogen-bond donors (Lipinski definition) is 0. The summed E-state index contributed by atoms with van der Waals surface area (Å²) < 4.78 is 15.1. The second-order valence-electron chi connectivity index (χ2n) is 8.34. The molecule has 1 aromatic rings. The Morgan fingerprint density at radius 2 is 1.67 bits per heavy atom. The van der Waals surface area contributed by atoms with Gasteiger partial charge in [0.15, 0.2) is 0 Å². The molecule has 9 heteroatoms. The van der Waals surface area contributed by atoms with E-state index in [0.717, 1.165) is 4.90 Å². The molecule has 174 valence electrons. The van der Waals surface area contributed by atoms with Crippen LogP contribution in [0.25, 0.3) is 0 Å². The van der Waals surface area contributed by atoms with Crippen LogP contribution in [0.2, 0.25) is 0 Å². The fourth-order valence-electron chi connectivity index (χ4n) is 3.50. The van der Waals surface area contributed by atoms with Crippen molar-refractivity contribution in [2.45, 2.75) is 39.2 Å². The van der Waals surface area contributed by atoms with Crippen LogP contribution in [0.3, 0.4) is 0 Å². The molecule has 0 atom stereocenters. The lowest BCUT2D eigenvalue weighted by molar-refractivity contribution is -0.139. The second-order valence-corrected chi connectivity index (χ2v) is 8.34. The third-order valence-corrected chi connectivity index (χ3v) is 4.91. The number of fused-ring (bicyclic) bond motifs is 1. The van der Waals surface area contributed by atoms with Crippen molar-refractivity contribution >= 4 is 35.3 Å². The number of benzene rings is 1. The average molecular weight is 454 g/mol. The third-order valence-electron chi connectivity index (χ3n) is 4.91. The number of imide groups is 1. The summed E-state index contributed by atoms with van der Waals surface area (Å²) in [6.07, 6.45) is 6.13. The second kappa shape index (κ2) is 9.32. The zero-order valence-electron chi connectivity index (χ0n) is 19.2. The standard InChI is InChI=1S/C24H26N2O7/c1-24(2,3)33-23(30)26-18-11-10-16(14-15(18)9-12-19(26)27)25-13-7-6-8-17(21(28)31-4)20(25)22(29)32-5/h6-8,10-11,13-14H,9,12H2,1-5H3. The van der Waals surface area contributed by atoms with E-state index in [9.17, 15) is 19.2 Å². The molecule has 0 aromatic heterocycles. The molecule has 0 spiro atoms. The molecule has 2 aliphatic rings. The van der Waals surface area contributed by atoms with Gasteiger partial charge in [0.1, 0.15) is 11.3 Å². The van der Waals surface area contributed by atoms with Crippen LogP contribution in [0.4, 0.5) is 16.2 Å². The smallest absolute Gasteiger partial charge is 0.421 e. The van der Waals surface area contributed by atoms with E-state index in [1.54, 1.807) is 57.3 Å². The summed E-state index contributed by atoms with van der Waals surface area (Å²) in [5, 5.41) is 0. The van der Waals surface area contributed by atoms with Gasteiger partial charge in [-0.3, -0.25) is 4.79 Å². The van der Waals surface area contributed by atoms with Crippen LogP contribution in [0.5, 0.6) is 0 Å². The third kappa shape index (κ3) is 4.97. The lowest BCUT2D eigenvalue weighted by Gasteiger charge is -2.31. The van der Waals surface area contributed by atoms with E-state index < -0.39 is 23.6 Å². The van der Waals surface area contributed by atoms with Crippen molar-refractivity contribution in [1.82, 2.24) is 0 Å².